The Morgan fingerprint density at radius 3 is 2.93 bits per heavy atom. The van der Waals surface area contributed by atoms with Crippen molar-refractivity contribution in [3.05, 3.63) is 23.7 Å². The maximum absolute atomic E-state index is 11.8. The first-order valence-corrected chi connectivity index (χ1v) is 5.34. The molecule has 0 aliphatic rings. The molecule has 0 unspecified atom stereocenters. The van der Waals surface area contributed by atoms with Crippen molar-refractivity contribution in [2.75, 3.05) is 6.61 Å². The number of furan rings is 1. The molecule has 1 rings (SSSR count). The van der Waals surface area contributed by atoms with Crippen LogP contribution in [0.3, 0.4) is 0 Å². The molecule has 3 nitrogen and oxygen atoms in total. The largest absolute Gasteiger partial charge is 0.460 e. The van der Waals surface area contributed by atoms with Crippen LogP contribution in [-0.4, -0.2) is 18.3 Å². The maximum atomic E-state index is 11.8. The normalized spacial score (nSPS) is 10.7. The van der Waals surface area contributed by atoms with Crippen molar-refractivity contribution in [1.82, 2.24) is 0 Å². The van der Waals surface area contributed by atoms with Gasteiger partial charge >= 0.3 is 5.97 Å². The molecule has 0 atom stereocenters. The van der Waals surface area contributed by atoms with Gasteiger partial charge in [0, 0.05) is 0 Å². The lowest BCUT2D eigenvalue weighted by Crippen LogP contribution is -2.02. The van der Waals surface area contributed by atoms with Crippen LogP contribution in [0, 0.1) is 0 Å². The van der Waals surface area contributed by atoms with Crippen molar-refractivity contribution in [2.24, 2.45) is 0 Å². The topological polar surface area (TPSA) is 39.4 Å². The third-order valence-corrected chi connectivity index (χ3v) is 2.19. The van der Waals surface area contributed by atoms with Crippen LogP contribution < -0.4 is 0 Å². The van der Waals surface area contributed by atoms with Crippen molar-refractivity contribution >= 4 is 17.7 Å². The molecule has 84 valence electrons. The van der Waals surface area contributed by atoms with Crippen molar-refractivity contribution in [2.45, 2.75) is 18.4 Å². The summed E-state index contributed by atoms with van der Waals surface area (Å²) in [5, 5.41) is 0. The Labute approximate surface area is 89.8 Å². The van der Waals surface area contributed by atoms with E-state index >= 15 is 0 Å². The summed E-state index contributed by atoms with van der Waals surface area (Å²) in [4.78, 5) is 11.1. The number of hydrogen-bond donors (Lipinski definition) is 0. The maximum Gasteiger partial charge on any atom is 0.374 e. The smallest absolute Gasteiger partial charge is 0.374 e. The van der Waals surface area contributed by atoms with E-state index in [0.29, 0.717) is 17.5 Å². The van der Waals surface area contributed by atoms with E-state index < -0.39 is 11.7 Å². The molecule has 0 aromatic carbocycles. The minimum atomic E-state index is -2.44. The summed E-state index contributed by atoms with van der Waals surface area (Å²) in [6, 6.07) is 2.90. The van der Waals surface area contributed by atoms with Crippen molar-refractivity contribution < 1.29 is 22.7 Å². The van der Waals surface area contributed by atoms with Gasteiger partial charge in [-0.3, -0.25) is 0 Å². The molecule has 0 saturated carbocycles. The van der Waals surface area contributed by atoms with Gasteiger partial charge in [0.2, 0.25) is 5.76 Å². The molecule has 0 aliphatic heterocycles. The fourth-order valence-electron chi connectivity index (χ4n) is 0.913. The van der Waals surface area contributed by atoms with Gasteiger partial charge in [-0.15, -0.1) is 0 Å². The zero-order chi connectivity index (χ0) is 11.3. The molecule has 0 amide bonds. The van der Waals surface area contributed by atoms with E-state index in [1.54, 1.807) is 6.92 Å². The van der Waals surface area contributed by atoms with Crippen LogP contribution in [0.25, 0.3) is 0 Å². The second-order valence-electron chi connectivity index (χ2n) is 2.56. The van der Waals surface area contributed by atoms with Crippen molar-refractivity contribution in [3.63, 3.8) is 0 Å². The molecular formula is C9H10F2O3S. The molecule has 1 heterocycles. The molecular weight excluding hydrogens is 226 g/mol. The molecule has 0 fully saturated rings. The van der Waals surface area contributed by atoms with Crippen LogP contribution in [0.15, 0.2) is 16.5 Å². The number of carbonyl (C=O) groups is 1. The molecule has 0 aliphatic carbocycles. The second kappa shape index (κ2) is 5.75. The highest BCUT2D eigenvalue weighted by atomic mass is 32.2. The zero-order valence-electron chi connectivity index (χ0n) is 8.04. The number of alkyl halides is 2. The Morgan fingerprint density at radius 2 is 2.33 bits per heavy atom. The van der Waals surface area contributed by atoms with Crippen LogP contribution in [0.1, 0.15) is 23.2 Å². The third kappa shape index (κ3) is 3.91. The van der Waals surface area contributed by atoms with Gasteiger partial charge in [-0.05, 0) is 19.1 Å². The van der Waals surface area contributed by atoms with Gasteiger partial charge in [-0.2, -0.15) is 8.78 Å². The summed E-state index contributed by atoms with van der Waals surface area (Å²) in [6.45, 7) is 1.93. The number of rotatable bonds is 5. The second-order valence-corrected chi connectivity index (χ2v) is 3.54. The van der Waals surface area contributed by atoms with Crippen LogP contribution in [-0.2, 0) is 10.5 Å². The minimum absolute atomic E-state index is 0.0388. The predicted molar refractivity (Wildman–Crippen MR) is 52.0 cm³/mol. The van der Waals surface area contributed by atoms with Crippen molar-refractivity contribution in [1.29, 1.82) is 0 Å². The summed E-state index contributed by atoms with van der Waals surface area (Å²) in [6.07, 6.45) is 0. The summed E-state index contributed by atoms with van der Waals surface area (Å²) in [5.74, 6) is -2.60. The van der Waals surface area contributed by atoms with Crippen LogP contribution >= 0.6 is 11.8 Å². The van der Waals surface area contributed by atoms with E-state index in [2.05, 4.69) is 4.74 Å². The van der Waals surface area contributed by atoms with Crippen LogP contribution in [0.5, 0.6) is 0 Å². The molecule has 0 radical (unpaired) electrons. The monoisotopic (exact) mass is 236 g/mol. The number of halogens is 2. The van der Waals surface area contributed by atoms with Gasteiger partial charge < -0.3 is 9.15 Å². The highest BCUT2D eigenvalue weighted by molar-refractivity contribution is 7.98. The third-order valence-electron chi connectivity index (χ3n) is 1.49. The van der Waals surface area contributed by atoms with E-state index in [9.17, 15) is 13.6 Å². The lowest BCUT2D eigenvalue weighted by atomic mass is 10.4. The highest BCUT2D eigenvalue weighted by Gasteiger charge is 2.13. The minimum Gasteiger partial charge on any atom is -0.460 e. The standard InChI is InChI=1S/C9H10F2O3S/c1-2-13-8(12)7-4-3-6(14-7)5-15-9(10)11/h3-4,9H,2,5H2,1H3. The molecule has 0 saturated heterocycles. The fourth-order valence-corrected chi connectivity index (χ4v) is 1.36. The van der Waals surface area contributed by atoms with Gasteiger partial charge in [0.15, 0.2) is 0 Å². The molecule has 0 bridgehead atoms. The van der Waals surface area contributed by atoms with Crippen LogP contribution in [0.4, 0.5) is 8.78 Å². The van der Waals surface area contributed by atoms with E-state index in [4.69, 9.17) is 4.42 Å². The summed E-state index contributed by atoms with van der Waals surface area (Å²) >= 11 is 0.444. The number of ether oxygens (including phenoxy) is 1. The average Bonchev–Trinajstić information content (AvgIpc) is 2.63. The van der Waals surface area contributed by atoms with E-state index in [1.165, 1.54) is 12.1 Å². The Morgan fingerprint density at radius 1 is 1.60 bits per heavy atom. The number of carbonyl (C=O) groups excluding carboxylic acids is 1. The fraction of sp³-hybridized carbons (Fsp3) is 0.444. The number of thioether (sulfide) groups is 1. The van der Waals surface area contributed by atoms with E-state index in [-0.39, 0.29) is 18.1 Å². The van der Waals surface area contributed by atoms with Gasteiger partial charge in [-0.25, -0.2) is 4.79 Å². The Kier molecular flexibility index (Phi) is 4.61. The Balaban J connectivity index is 2.52. The highest BCUT2D eigenvalue weighted by Crippen LogP contribution is 2.21. The zero-order valence-corrected chi connectivity index (χ0v) is 8.85. The van der Waals surface area contributed by atoms with Gasteiger partial charge in [0.25, 0.3) is 5.76 Å². The van der Waals surface area contributed by atoms with E-state index in [0.717, 1.165) is 0 Å². The Hall–Kier alpha value is -1.04. The van der Waals surface area contributed by atoms with Gasteiger partial charge in [0.1, 0.15) is 5.76 Å². The first kappa shape index (κ1) is 12.0. The summed E-state index contributed by atoms with van der Waals surface area (Å²) < 4.78 is 33.4. The number of esters is 1. The molecule has 1 aromatic heterocycles. The average molecular weight is 236 g/mol. The van der Waals surface area contributed by atoms with E-state index in [1.807, 2.05) is 0 Å². The Bertz CT molecular complexity index is 325. The quantitative estimate of drug-likeness (QED) is 0.737. The van der Waals surface area contributed by atoms with Crippen LogP contribution in [0.2, 0.25) is 0 Å². The molecule has 1 aromatic rings. The molecule has 15 heavy (non-hydrogen) atoms. The van der Waals surface area contributed by atoms with Crippen molar-refractivity contribution in [3.8, 4) is 0 Å². The summed E-state index contributed by atoms with van der Waals surface area (Å²) in [5.41, 5.74) is 0. The lowest BCUT2D eigenvalue weighted by Gasteiger charge is -1.98. The first-order valence-electron chi connectivity index (χ1n) is 4.29. The molecule has 0 N–H and O–H groups in total. The molecule has 6 heteroatoms. The SMILES string of the molecule is CCOC(=O)c1ccc(CSC(F)F)o1. The first-order chi connectivity index (χ1) is 7.13. The van der Waals surface area contributed by atoms with Gasteiger partial charge in [-0.1, -0.05) is 11.8 Å². The molecule has 0 spiro atoms. The number of hydrogen-bond acceptors (Lipinski definition) is 4. The lowest BCUT2D eigenvalue weighted by molar-refractivity contribution is 0.0488. The van der Waals surface area contributed by atoms with Gasteiger partial charge in [0.05, 0.1) is 12.4 Å². The predicted octanol–water partition coefficient (Wildman–Crippen LogP) is 2.91. The summed E-state index contributed by atoms with van der Waals surface area (Å²) in [7, 11) is 0.